The minimum Gasteiger partial charge on any atom is -0.432 e. The molecular weight excluding hydrogens is 232 g/mol. The van der Waals surface area contributed by atoms with Crippen molar-refractivity contribution >= 4 is 14.0 Å². The van der Waals surface area contributed by atoms with Gasteiger partial charge in [-0.2, -0.15) is 0 Å². The van der Waals surface area contributed by atoms with Crippen molar-refractivity contribution in [2.45, 2.75) is 57.7 Å². The quantitative estimate of drug-likeness (QED) is 0.439. The fourth-order valence-electron chi connectivity index (χ4n) is 1.98. The molecule has 2 atom stereocenters. The molecule has 1 heterocycles. The topological polar surface area (TPSA) is 35.5 Å². The summed E-state index contributed by atoms with van der Waals surface area (Å²) in [6.45, 7) is 13.3. The standard InChI is InChI=1S/C13H24O3Si/c1-6-10(2)13(14)16-12-9-11(7-8-15-12)17(3,4)5/h11-12H,2,6-9H2,1,3-5H3. The van der Waals surface area contributed by atoms with Gasteiger partial charge in [-0.15, -0.1) is 0 Å². The lowest BCUT2D eigenvalue weighted by atomic mass is 10.2. The number of ether oxygens (including phenoxy) is 2. The molecule has 0 bridgehead atoms. The summed E-state index contributed by atoms with van der Waals surface area (Å²) in [7, 11) is -1.18. The lowest BCUT2D eigenvalue weighted by Crippen LogP contribution is -2.38. The Kier molecular flexibility index (Phi) is 4.95. The maximum absolute atomic E-state index is 11.6. The molecule has 4 heteroatoms. The fraction of sp³-hybridized carbons (Fsp3) is 0.769. The summed E-state index contributed by atoms with van der Waals surface area (Å²) in [5.41, 5.74) is 1.19. The maximum Gasteiger partial charge on any atom is 0.335 e. The highest BCUT2D eigenvalue weighted by molar-refractivity contribution is 6.77. The van der Waals surface area contributed by atoms with Gasteiger partial charge in [0.05, 0.1) is 6.61 Å². The lowest BCUT2D eigenvalue weighted by molar-refractivity contribution is -0.182. The van der Waals surface area contributed by atoms with Crippen LogP contribution < -0.4 is 0 Å². The van der Waals surface area contributed by atoms with Crippen molar-refractivity contribution in [2.24, 2.45) is 0 Å². The number of rotatable bonds is 4. The van der Waals surface area contributed by atoms with E-state index in [-0.39, 0.29) is 12.3 Å². The monoisotopic (exact) mass is 256 g/mol. The summed E-state index contributed by atoms with van der Waals surface area (Å²) >= 11 is 0. The van der Waals surface area contributed by atoms with Crippen LogP contribution in [0.15, 0.2) is 12.2 Å². The SMILES string of the molecule is C=C(CC)C(=O)OC1CC([Si](C)(C)C)CCO1. The Hall–Kier alpha value is -0.613. The van der Waals surface area contributed by atoms with Crippen LogP contribution in [0.5, 0.6) is 0 Å². The molecule has 2 unspecified atom stereocenters. The zero-order valence-corrected chi connectivity index (χ0v) is 12.4. The van der Waals surface area contributed by atoms with Gasteiger partial charge in [-0.1, -0.05) is 33.1 Å². The molecule has 1 aliphatic rings. The van der Waals surface area contributed by atoms with Gasteiger partial charge in [0, 0.05) is 20.1 Å². The van der Waals surface area contributed by atoms with Crippen molar-refractivity contribution in [1.29, 1.82) is 0 Å². The molecule has 0 saturated carbocycles. The maximum atomic E-state index is 11.6. The van der Waals surface area contributed by atoms with Crippen LogP contribution in [0.4, 0.5) is 0 Å². The van der Waals surface area contributed by atoms with Gasteiger partial charge in [-0.05, 0) is 18.4 Å². The second kappa shape index (κ2) is 5.82. The number of carbonyl (C=O) groups is 1. The van der Waals surface area contributed by atoms with Gasteiger partial charge in [0.2, 0.25) is 6.29 Å². The minimum absolute atomic E-state index is 0.311. The van der Waals surface area contributed by atoms with Gasteiger partial charge in [0.1, 0.15) is 0 Å². The highest BCUT2D eigenvalue weighted by atomic mass is 28.3. The van der Waals surface area contributed by atoms with Crippen molar-refractivity contribution < 1.29 is 14.3 Å². The van der Waals surface area contributed by atoms with E-state index in [1.165, 1.54) is 0 Å². The van der Waals surface area contributed by atoms with Gasteiger partial charge in [0.15, 0.2) is 0 Å². The van der Waals surface area contributed by atoms with Crippen LogP contribution >= 0.6 is 0 Å². The lowest BCUT2D eigenvalue weighted by Gasteiger charge is -2.36. The molecule has 3 nitrogen and oxygen atoms in total. The summed E-state index contributed by atoms with van der Waals surface area (Å²) in [5, 5.41) is 0. The number of hydrogen-bond donors (Lipinski definition) is 0. The van der Waals surface area contributed by atoms with Crippen molar-refractivity contribution in [3.63, 3.8) is 0 Å². The molecule has 0 radical (unpaired) electrons. The first kappa shape index (κ1) is 14.4. The molecule has 0 aromatic carbocycles. The first-order valence-electron chi connectivity index (χ1n) is 6.35. The van der Waals surface area contributed by atoms with E-state index < -0.39 is 8.07 Å². The van der Waals surface area contributed by atoms with Crippen LogP contribution in [0, 0.1) is 0 Å². The molecule has 0 aliphatic carbocycles. The van der Waals surface area contributed by atoms with Crippen molar-refractivity contribution in [2.75, 3.05) is 6.61 Å². The van der Waals surface area contributed by atoms with E-state index in [1.807, 2.05) is 6.92 Å². The second-order valence-corrected chi connectivity index (χ2v) is 11.3. The Bertz CT molecular complexity index is 294. The number of hydrogen-bond acceptors (Lipinski definition) is 3. The molecule has 98 valence electrons. The molecule has 1 rings (SSSR count). The van der Waals surface area contributed by atoms with E-state index in [1.54, 1.807) is 0 Å². The smallest absolute Gasteiger partial charge is 0.335 e. The zero-order chi connectivity index (χ0) is 13.1. The third kappa shape index (κ3) is 4.28. The van der Waals surface area contributed by atoms with Crippen LogP contribution in [0.2, 0.25) is 25.2 Å². The first-order chi connectivity index (χ1) is 7.84. The molecule has 0 spiro atoms. The van der Waals surface area contributed by atoms with Gasteiger partial charge in [-0.3, -0.25) is 0 Å². The van der Waals surface area contributed by atoms with Gasteiger partial charge in [-0.25, -0.2) is 4.79 Å². The highest BCUT2D eigenvalue weighted by Crippen LogP contribution is 2.35. The van der Waals surface area contributed by atoms with E-state index in [4.69, 9.17) is 9.47 Å². The van der Waals surface area contributed by atoms with E-state index in [0.29, 0.717) is 24.1 Å². The zero-order valence-electron chi connectivity index (χ0n) is 11.4. The van der Waals surface area contributed by atoms with Crippen LogP contribution in [0.25, 0.3) is 0 Å². The molecule has 1 aliphatic heterocycles. The van der Waals surface area contributed by atoms with Crippen molar-refractivity contribution in [3.8, 4) is 0 Å². The normalized spacial score (nSPS) is 25.4. The molecule has 1 fully saturated rings. The van der Waals surface area contributed by atoms with E-state index in [9.17, 15) is 4.79 Å². The van der Waals surface area contributed by atoms with Crippen LogP contribution in [0.1, 0.15) is 26.2 Å². The van der Waals surface area contributed by atoms with Crippen molar-refractivity contribution in [1.82, 2.24) is 0 Å². The van der Waals surface area contributed by atoms with Gasteiger partial charge in [0.25, 0.3) is 0 Å². The summed E-state index contributed by atoms with van der Waals surface area (Å²) in [5.74, 6) is -0.311. The molecule has 0 aromatic heterocycles. The van der Waals surface area contributed by atoms with Crippen LogP contribution in [0.3, 0.4) is 0 Å². The third-order valence-electron chi connectivity index (χ3n) is 3.43. The van der Waals surface area contributed by atoms with Gasteiger partial charge >= 0.3 is 5.97 Å². The van der Waals surface area contributed by atoms with Crippen molar-refractivity contribution in [3.05, 3.63) is 12.2 Å². The first-order valence-corrected chi connectivity index (χ1v) is 9.92. The largest absolute Gasteiger partial charge is 0.432 e. The summed E-state index contributed by atoms with van der Waals surface area (Å²) in [6.07, 6.45) is 2.20. The average Bonchev–Trinajstić information content (AvgIpc) is 2.27. The predicted molar refractivity (Wildman–Crippen MR) is 71.6 cm³/mol. The third-order valence-corrected chi connectivity index (χ3v) is 6.40. The predicted octanol–water partition coefficient (Wildman–Crippen LogP) is 3.34. The van der Waals surface area contributed by atoms with E-state index in [2.05, 4.69) is 26.2 Å². The molecule has 0 N–H and O–H groups in total. The molecular formula is C13H24O3Si. The van der Waals surface area contributed by atoms with Gasteiger partial charge < -0.3 is 9.47 Å². The Labute approximate surface area is 105 Å². The number of carbonyl (C=O) groups excluding carboxylic acids is 1. The second-order valence-electron chi connectivity index (χ2n) is 5.75. The summed E-state index contributed by atoms with van der Waals surface area (Å²) in [4.78, 5) is 11.6. The Morgan fingerprint density at radius 3 is 2.65 bits per heavy atom. The molecule has 0 aromatic rings. The molecule has 1 saturated heterocycles. The molecule has 0 amide bonds. The Morgan fingerprint density at radius 2 is 2.12 bits per heavy atom. The summed E-state index contributed by atoms with van der Waals surface area (Å²) < 4.78 is 10.8. The van der Waals surface area contributed by atoms with Crippen LogP contribution in [-0.2, 0) is 14.3 Å². The minimum atomic E-state index is -1.18. The number of esters is 1. The average molecular weight is 256 g/mol. The highest BCUT2D eigenvalue weighted by Gasteiger charge is 2.34. The Morgan fingerprint density at radius 1 is 1.47 bits per heavy atom. The fourth-order valence-corrected chi connectivity index (χ4v) is 3.86. The van der Waals surface area contributed by atoms with Crippen LogP contribution in [-0.4, -0.2) is 26.9 Å². The van der Waals surface area contributed by atoms with E-state index in [0.717, 1.165) is 12.8 Å². The Balaban J connectivity index is 2.50. The van der Waals surface area contributed by atoms with E-state index >= 15 is 0 Å². The molecule has 17 heavy (non-hydrogen) atoms. The summed E-state index contributed by atoms with van der Waals surface area (Å²) in [6, 6.07) is 0.